The Hall–Kier alpha value is -1.07. The first-order chi connectivity index (χ1) is 10.3. The molecule has 0 spiro atoms. The average Bonchev–Trinajstić information content (AvgIpc) is 3.19. The van der Waals surface area contributed by atoms with Crippen molar-refractivity contribution < 1.29 is 13.2 Å². The van der Waals surface area contributed by atoms with E-state index in [2.05, 4.69) is 11.0 Å². The highest BCUT2D eigenvalue weighted by Gasteiger charge is 2.33. The van der Waals surface area contributed by atoms with E-state index in [0.29, 0.717) is 6.04 Å². The van der Waals surface area contributed by atoms with Gasteiger partial charge in [0.1, 0.15) is 15.6 Å². The predicted octanol–water partition coefficient (Wildman–Crippen LogP) is 2.87. The standard InChI is InChI=1S/C17H27NO3S/c1-13(2)21-17-8-6-5-7-15(17)11-18(16-9-10-16)14(3)12-22(4,19)20/h5-8,13-14,16H,9-12H2,1-4H3/t14-/m1/s1. The highest BCUT2D eigenvalue weighted by Crippen LogP contribution is 2.32. The molecule has 0 N–H and O–H groups in total. The van der Waals surface area contributed by atoms with E-state index in [1.807, 2.05) is 39.0 Å². The molecule has 1 aromatic rings. The van der Waals surface area contributed by atoms with Gasteiger partial charge in [-0.2, -0.15) is 0 Å². The van der Waals surface area contributed by atoms with Gasteiger partial charge in [-0.25, -0.2) is 8.42 Å². The zero-order valence-electron chi connectivity index (χ0n) is 14.0. The Balaban J connectivity index is 2.15. The molecule has 2 rings (SSSR count). The van der Waals surface area contributed by atoms with Gasteiger partial charge in [0.05, 0.1) is 11.9 Å². The Kier molecular flexibility index (Phi) is 5.50. The molecule has 1 aromatic carbocycles. The molecule has 1 fully saturated rings. The Morgan fingerprint density at radius 2 is 1.86 bits per heavy atom. The van der Waals surface area contributed by atoms with Crippen molar-refractivity contribution in [3.8, 4) is 5.75 Å². The monoisotopic (exact) mass is 325 g/mol. The lowest BCUT2D eigenvalue weighted by molar-refractivity contribution is 0.193. The first kappa shape index (κ1) is 17.3. The highest BCUT2D eigenvalue weighted by molar-refractivity contribution is 7.90. The second kappa shape index (κ2) is 7.01. The molecule has 1 aliphatic carbocycles. The van der Waals surface area contributed by atoms with E-state index >= 15 is 0 Å². The third kappa shape index (κ3) is 5.29. The quantitative estimate of drug-likeness (QED) is 0.737. The number of sulfone groups is 1. The van der Waals surface area contributed by atoms with Gasteiger partial charge >= 0.3 is 0 Å². The van der Waals surface area contributed by atoms with Crippen LogP contribution < -0.4 is 4.74 Å². The maximum absolute atomic E-state index is 11.6. The fourth-order valence-corrected chi connectivity index (χ4v) is 3.85. The number of rotatable bonds is 8. The number of ether oxygens (including phenoxy) is 1. The molecule has 5 heteroatoms. The summed E-state index contributed by atoms with van der Waals surface area (Å²) in [6.45, 7) is 6.78. The van der Waals surface area contributed by atoms with Crippen LogP contribution in [0.2, 0.25) is 0 Å². The molecule has 0 bridgehead atoms. The second-order valence-electron chi connectivity index (χ2n) is 6.62. The van der Waals surface area contributed by atoms with E-state index in [-0.39, 0.29) is 17.9 Å². The molecule has 0 saturated heterocycles. The van der Waals surface area contributed by atoms with Gasteiger partial charge in [-0.15, -0.1) is 0 Å². The smallest absolute Gasteiger partial charge is 0.148 e. The molecule has 124 valence electrons. The lowest BCUT2D eigenvalue weighted by Gasteiger charge is -2.29. The molecule has 1 atom stereocenters. The van der Waals surface area contributed by atoms with E-state index in [0.717, 1.165) is 30.7 Å². The molecule has 1 saturated carbocycles. The molecule has 0 unspecified atom stereocenters. The molecule has 4 nitrogen and oxygen atoms in total. The zero-order chi connectivity index (χ0) is 16.3. The Bertz CT molecular complexity index is 594. The van der Waals surface area contributed by atoms with Crippen LogP contribution in [0.1, 0.15) is 39.2 Å². The van der Waals surface area contributed by atoms with Crippen LogP contribution in [0.15, 0.2) is 24.3 Å². The first-order valence-electron chi connectivity index (χ1n) is 7.94. The largest absolute Gasteiger partial charge is 0.491 e. The van der Waals surface area contributed by atoms with Crippen molar-refractivity contribution in [2.24, 2.45) is 0 Å². The van der Waals surface area contributed by atoms with Crippen LogP contribution in [-0.4, -0.2) is 43.5 Å². The van der Waals surface area contributed by atoms with Gasteiger partial charge in [0.2, 0.25) is 0 Å². The maximum Gasteiger partial charge on any atom is 0.148 e. The summed E-state index contributed by atoms with van der Waals surface area (Å²) in [7, 11) is -2.97. The van der Waals surface area contributed by atoms with Gasteiger partial charge in [0.15, 0.2) is 0 Å². The van der Waals surface area contributed by atoms with E-state index in [9.17, 15) is 8.42 Å². The fourth-order valence-electron chi connectivity index (χ4n) is 2.78. The number of benzene rings is 1. The summed E-state index contributed by atoms with van der Waals surface area (Å²) in [4.78, 5) is 2.31. The maximum atomic E-state index is 11.6. The third-order valence-electron chi connectivity index (χ3n) is 3.81. The fraction of sp³-hybridized carbons (Fsp3) is 0.647. The molecule has 0 amide bonds. The zero-order valence-corrected chi connectivity index (χ0v) is 14.8. The number of nitrogens with zero attached hydrogens (tertiary/aromatic N) is 1. The summed E-state index contributed by atoms with van der Waals surface area (Å²) >= 11 is 0. The normalized spacial score (nSPS) is 17.0. The van der Waals surface area contributed by atoms with Crippen LogP contribution in [0.25, 0.3) is 0 Å². The summed E-state index contributed by atoms with van der Waals surface area (Å²) in [5.41, 5.74) is 1.13. The summed E-state index contributed by atoms with van der Waals surface area (Å²) in [5, 5.41) is 0. The van der Waals surface area contributed by atoms with Crippen LogP contribution in [0.3, 0.4) is 0 Å². The second-order valence-corrected chi connectivity index (χ2v) is 8.80. The summed E-state index contributed by atoms with van der Waals surface area (Å²) < 4.78 is 29.1. The predicted molar refractivity (Wildman–Crippen MR) is 89.9 cm³/mol. The molecular weight excluding hydrogens is 298 g/mol. The minimum atomic E-state index is -2.97. The minimum Gasteiger partial charge on any atom is -0.491 e. The molecule has 0 radical (unpaired) electrons. The Morgan fingerprint density at radius 1 is 1.23 bits per heavy atom. The number of para-hydroxylation sites is 1. The summed E-state index contributed by atoms with van der Waals surface area (Å²) in [6, 6.07) is 8.57. The molecule has 0 aliphatic heterocycles. The van der Waals surface area contributed by atoms with E-state index in [1.54, 1.807) is 0 Å². The Morgan fingerprint density at radius 3 is 2.41 bits per heavy atom. The number of hydrogen-bond donors (Lipinski definition) is 0. The third-order valence-corrected chi connectivity index (χ3v) is 4.90. The van der Waals surface area contributed by atoms with Crippen molar-refractivity contribution >= 4 is 9.84 Å². The van der Waals surface area contributed by atoms with E-state index in [1.165, 1.54) is 6.26 Å². The van der Waals surface area contributed by atoms with Gasteiger partial charge in [-0.05, 0) is 39.7 Å². The minimum absolute atomic E-state index is 0.0228. The number of hydrogen-bond acceptors (Lipinski definition) is 4. The van der Waals surface area contributed by atoms with E-state index < -0.39 is 9.84 Å². The Labute approximate surface area is 134 Å². The van der Waals surface area contributed by atoms with Crippen molar-refractivity contribution in [2.75, 3.05) is 12.0 Å². The van der Waals surface area contributed by atoms with Crippen molar-refractivity contribution in [1.29, 1.82) is 0 Å². The van der Waals surface area contributed by atoms with Gasteiger partial charge in [0, 0.05) is 30.4 Å². The topological polar surface area (TPSA) is 46.6 Å². The molecule has 0 heterocycles. The van der Waals surface area contributed by atoms with Crippen molar-refractivity contribution in [1.82, 2.24) is 4.90 Å². The van der Waals surface area contributed by atoms with Crippen molar-refractivity contribution in [3.63, 3.8) is 0 Å². The summed E-state index contributed by atoms with van der Waals surface area (Å²) in [5.74, 6) is 1.10. The molecule has 1 aliphatic rings. The summed E-state index contributed by atoms with van der Waals surface area (Å²) in [6.07, 6.45) is 3.75. The van der Waals surface area contributed by atoms with Crippen LogP contribution in [-0.2, 0) is 16.4 Å². The van der Waals surface area contributed by atoms with Crippen LogP contribution >= 0.6 is 0 Å². The van der Waals surface area contributed by atoms with Gasteiger partial charge in [0.25, 0.3) is 0 Å². The molecular formula is C17H27NO3S. The van der Waals surface area contributed by atoms with Crippen molar-refractivity contribution in [3.05, 3.63) is 29.8 Å². The molecule has 0 aromatic heterocycles. The lowest BCUT2D eigenvalue weighted by Crippen LogP contribution is -2.39. The first-order valence-corrected chi connectivity index (χ1v) is 10.0. The van der Waals surface area contributed by atoms with Crippen molar-refractivity contribution in [2.45, 2.75) is 58.3 Å². The van der Waals surface area contributed by atoms with Crippen LogP contribution in [0.5, 0.6) is 5.75 Å². The van der Waals surface area contributed by atoms with Crippen LogP contribution in [0.4, 0.5) is 0 Å². The van der Waals surface area contributed by atoms with Crippen LogP contribution in [0, 0.1) is 0 Å². The lowest BCUT2D eigenvalue weighted by atomic mass is 10.1. The molecule has 22 heavy (non-hydrogen) atoms. The van der Waals surface area contributed by atoms with Gasteiger partial charge in [-0.3, -0.25) is 4.90 Å². The SMILES string of the molecule is CC(C)Oc1ccccc1CN(C1CC1)[C@H](C)CS(C)(=O)=O. The highest BCUT2D eigenvalue weighted by atomic mass is 32.2. The van der Waals surface area contributed by atoms with Gasteiger partial charge in [-0.1, -0.05) is 18.2 Å². The van der Waals surface area contributed by atoms with Gasteiger partial charge < -0.3 is 4.74 Å². The van der Waals surface area contributed by atoms with E-state index in [4.69, 9.17) is 4.74 Å². The average molecular weight is 325 g/mol.